The van der Waals surface area contributed by atoms with Gasteiger partial charge in [0, 0.05) is 17.7 Å². The van der Waals surface area contributed by atoms with Crippen LogP contribution < -0.4 is 15.8 Å². The van der Waals surface area contributed by atoms with Crippen LogP contribution in [0.1, 0.15) is 20.3 Å². The molecule has 4 heteroatoms. The molecule has 1 aromatic carbocycles. The minimum absolute atomic E-state index is 0.0173. The standard InChI is InChI=1S/C14H22N2O2/c1-10(2)13(7-8-15)14(17)16-11-5-4-6-12(9-11)18-3/h4-6,9-10,13H,7-8,15H2,1-3H3,(H,16,17). The summed E-state index contributed by atoms with van der Waals surface area (Å²) in [5, 5.41) is 2.91. The first-order valence-corrected chi connectivity index (χ1v) is 6.23. The van der Waals surface area contributed by atoms with Crippen molar-refractivity contribution < 1.29 is 9.53 Å². The average molecular weight is 250 g/mol. The molecule has 0 radical (unpaired) electrons. The predicted molar refractivity (Wildman–Crippen MR) is 73.6 cm³/mol. The molecule has 1 atom stereocenters. The van der Waals surface area contributed by atoms with Gasteiger partial charge in [-0.05, 0) is 31.0 Å². The van der Waals surface area contributed by atoms with E-state index < -0.39 is 0 Å². The second-order valence-electron chi connectivity index (χ2n) is 4.65. The Morgan fingerprint density at radius 2 is 2.17 bits per heavy atom. The van der Waals surface area contributed by atoms with Gasteiger partial charge in [-0.1, -0.05) is 19.9 Å². The molecule has 0 saturated carbocycles. The zero-order valence-corrected chi connectivity index (χ0v) is 11.3. The topological polar surface area (TPSA) is 64.3 Å². The number of ether oxygens (including phenoxy) is 1. The zero-order chi connectivity index (χ0) is 13.5. The monoisotopic (exact) mass is 250 g/mol. The molecule has 1 aromatic rings. The molecule has 0 aliphatic carbocycles. The highest BCUT2D eigenvalue weighted by Crippen LogP contribution is 2.20. The van der Waals surface area contributed by atoms with Crippen molar-refractivity contribution in [3.63, 3.8) is 0 Å². The Morgan fingerprint density at radius 3 is 2.72 bits per heavy atom. The van der Waals surface area contributed by atoms with Gasteiger partial charge >= 0.3 is 0 Å². The highest BCUT2D eigenvalue weighted by molar-refractivity contribution is 5.92. The van der Waals surface area contributed by atoms with Crippen molar-refractivity contribution in [1.29, 1.82) is 0 Å². The van der Waals surface area contributed by atoms with Gasteiger partial charge in [0.1, 0.15) is 5.75 Å². The summed E-state index contributed by atoms with van der Waals surface area (Å²) in [5.41, 5.74) is 6.30. The Bertz CT molecular complexity index is 391. The van der Waals surface area contributed by atoms with E-state index in [1.165, 1.54) is 0 Å². The van der Waals surface area contributed by atoms with E-state index in [0.29, 0.717) is 13.0 Å². The highest BCUT2D eigenvalue weighted by Gasteiger charge is 2.21. The first kappa shape index (κ1) is 14.5. The summed E-state index contributed by atoms with van der Waals surface area (Å²) in [5.74, 6) is 0.969. The molecule has 0 heterocycles. The van der Waals surface area contributed by atoms with E-state index in [9.17, 15) is 4.79 Å². The number of benzene rings is 1. The molecule has 1 rings (SSSR count). The molecule has 0 fully saturated rings. The molecule has 0 bridgehead atoms. The van der Waals surface area contributed by atoms with E-state index in [-0.39, 0.29) is 17.7 Å². The van der Waals surface area contributed by atoms with Gasteiger partial charge in [0.15, 0.2) is 0 Å². The van der Waals surface area contributed by atoms with Crippen molar-refractivity contribution in [2.75, 3.05) is 19.0 Å². The lowest BCUT2D eigenvalue weighted by atomic mass is 9.91. The third-order valence-electron chi connectivity index (χ3n) is 2.96. The van der Waals surface area contributed by atoms with Crippen molar-refractivity contribution >= 4 is 11.6 Å². The Labute approximate surface area is 109 Å². The maximum atomic E-state index is 12.1. The molecule has 0 aliphatic rings. The van der Waals surface area contributed by atoms with Crippen LogP contribution in [0.3, 0.4) is 0 Å². The minimum atomic E-state index is -0.0544. The molecule has 3 N–H and O–H groups in total. The van der Waals surface area contributed by atoms with Crippen molar-refractivity contribution in [2.45, 2.75) is 20.3 Å². The molecule has 0 aliphatic heterocycles. The third kappa shape index (κ3) is 4.04. The van der Waals surface area contributed by atoms with E-state index in [2.05, 4.69) is 5.32 Å². The highest BCUT2D eigenvalue weighted by atomic mass is 16.5. The van der Waals surface area contributed by atoms with Gasteiger partial charge in [-0.3, -0.25) is 4.79 Å². The summed E-state index contributed by atoms with van der Waals surface area (Å²) in [4.78, 5) is 12.1. The second kappa shape index (κ2) is 7.01. The number of carbonyl (C=O) groups is 1. The minimum Gasteiger partial charge on any atom is -0.497 e. The maximum Gasteiger partial charge on any atom is 0.227 e. The lowest BCUT2D eigenvalue weighted by Crippen LogP contribution is -2.29. The van der Waals surface area contributed by atoms with Gasteiger partial charge in [-0.25, -0.2) is 0 Å². The fourth-order valence-corrected chi connectivity index (χ4v) is 1.88. The number of methoxy groups -OCH3 is 1. The number of anilines is 1. The molecular formula is C14H22N2O2. The SMILES string of the molecule is COc1cccc(NC(=O)C(CCN)C(C)C)c1. The fourth-order valence-electron chi connectivity index (χ4n) is 1.88. The molecule has 0 spiro atoms. The molecule has 0 saturated heterocycles. The summed E-state index contributed by atoms with van der Waals surface area (Å²) in [6, 6.07) is 7.34. The maximum absolute atomic E-state index is 12.1. The molecule has 1 amide bonds. The first-order chi connectivity index (χ1) is 8.58. The van der Waals surface area contributed by atoms with Crippen LogP contribution in [-0.2, 0) is 4.79 Å². The summed E-state index contributed by atoms with van der Waals surface area (Å²) in [6.45, 7) is 4.59. The van der Waals surface area contributed by atoms with Crippen LogP contribution in [0.4, 0.5) is 5.69 Å². The largest absolute Gasteiger partial charge is 0.497 e. The van der Waals surface area contributed by atoms with E-state index in [1.807, 2.05) is 32.0 Å². The molecule has 0 aromatic heterocycles. The number of hydrogen-bond donors (Lipinski definition) is 2. The summed E-state index contributed by atoms with van der Waals surface area (Å²) < 4.78 is 5.12. The van der Waals surface area contributed by atoms with Gasteiger partial charge < -0.3 is 15.8 Å². The van der Waals surface area contributed by atoms with Gasteiger partial charge in [0.25, 0.3) is 0 Å². The molecule has 1 unspecified atom stereocenters. The predicted octanol–water partition coefficient (Wildman–Crippen LogP) is 2.25. The van der Waals surface area contributed by atoms with Crippen LogP contribution in [0.15, 0.2) is 24.3 Å². The molecular weight excluding hydrogens is 228 g/mol. The van der Waals surface area contributed by atoms with Crippen molar-refractivity contribution in [3.8, 4) is 5.75 Å². The third-order valence-corrected chi connectivity index (χ3v) is 2.96. The smallest absolute Gasteiger partial charge is 0.227 e. The van der Waals surface area contributed by atoms with Crippen LogP contribution in [0.5, 0.6) is 5.75 Å². The Morgan fingerprint density at radius 1 is 1.44 bits per heavy atom. The van der Waals surface area contributed by atoms with Crippen molar-refractivity contribution in [1.82, 2.24) is 0 Å². The lowest BCUT2D eigenvalue weighted by Gasteiger charge is -2.19. The summed E-state index contributed by atoms with van der Waals surface area (Å²) in [7, 11) is 1.60. The molecule has 4 nitrogen and oxygen atoms in total. The van der Waals surface area contributed by atoms with Crippen LogP contribution in [-0.4, -0.2) is 19.6 Å². The number of amides is 1. The molecule has 18 heavy (non-hydrogen) atoms. The fraction of sp³-hybridized carbons (Fsp3) is 0.500. The van der Waals surface area contributed by atoms with Gasteiger partial charge in [-0.2, -0.15) is 0 Å². The van der Waals surface area contributed by atoms with Gasteiger partial charge in [0.2, 0.25) is 5.91 Å². The lowest BCUT2D eigenvalue weighted by molar-refractivity contribution is -0.121. The summed E-state index contributed by atoms with van der Waals surface area (Å²) >= 11 is 0. The normalized spacial score (nSPS) is 12.3. The Kier molecular flexibility index (Phi) is 5.65. The van der Waals surface area contributed by atoms with Crippen molar-refractivity contribution in [3.05, 3.63) is 24.3 Å². The Balaban J connectivity index is 2.72. The number of carbonyl (C=O) groups excluding carboxylic acids is 1. The van der Waals surface area contributed by atoms with E-state index in [4.69, 9.17) is 10.5 Å². The van der Waals surface area contributed by atoms with Crippen LogP contribution in [0.2, 0.25) is 0 Å². The van der Waals surface area contributed by atoms with Gasteiger partial charge in [-0.15, -0.1) is 0 Å². The van der Waals surface area contributed by atoms with E-state index in [1.54, 1.807) is 13.2 Å². The zero-order valence-electron chi connectivity index (χ0n) is 11.3. The molecule has 100 valence electrons. The van der Waals surface area contributed by atoms with E-state index >= 15 is 0 Å². The van der Waals surface area contributed by atoms with Crippen LogP contribution in [0, 0.1) is 11.8 Å². The Hall–Kier alpha value is -1.55. The number of nitrogens with two attached hydrogens (primary N) is 1. The quantitative estimate of drug-likeness (QED) is 0.814. The number of nitrogens with one attached hydrogen (secondary N) is 1. The first-order valence-electron chi connectivity index (χ1n) is 6.23. The van der Waals surface area contributed by atoms with Crippen molar-refractivity contribution in [2.24, 2.45) is 17.6 Å². The van der Waals surface area contributed by atoms with Crippen LogP contribution in [0.25, 0.3) is 0 Å². The van der Waals surface area contributed by atoms with Gasteiger partial charge in [0.05, 0.1) is 7.11 Å². The van der Waals surface area contributed by atoms with Crippen LogP contribution >= 0.6 is 0 Å². The average Bonchev–Trinajstić information content (AvgIpc) is 2.35. The van der Waals surface area contributed by atoms with E-state index in [0.717, 1.165) is 11.4 Å². The summed E-state index contributed by atoms with van der Waals surface area (Å²) in [6.07, 6.45) is 0.702. The number of rotatable bonds is 6. The second-order valence-corrected chi connectivity index (χ2v) is 4.65. The number of hydrogen-bond acceptors (Lipinski definition) is 3.